The lowest BCUT2D eigenvalue weighted by Gasteiger charge is -2.30. The van der Waals surface area contributed by atoms with Crippen LogP contribution in [0.25, 0.3) is 0 Å². The summed E-state index contributed by atoms with van der Waals surface area (Å²) in [7, 11) is 0. The number of ketones is 1. The van der Waals surface area contributed by atoms with Crippen LogP contribution in [0.15, 0.2) is 0 Å². The highest BCUT2D eigenvalue weighted by Gasteiger charge is 2.25. The van der Waals surface area contributed by atoms with E-state index >= 15 is 0 Å². The van der Waals surface area contributed by atoms with Crippen molar-refractivity contribution in [2.75, 3.05) is 19.7 Å². The molecule has 0 atom stereocenters. The topological polar surface area (TPSA) is 63.7 Å². The number of piperidine rings is 1. The summed E-state index contributed by atoms with van der Waals surface area (Å²) in [5.41, 5.74) is 0. The molecule has 0 aromatic heterocycles. The number of nitrogens with zero attached hydrogens (tertiary/aromatic N) is 1. The molecule has 1 amide bonds. The van der Waals surface area contributed by atoms with E-state index in [0.717, 1.165) is 12.8 Å². The van der Waals surface area contributed by atoms with Crippen molar-refractivity contribution in [1.82, 2.24) is 4.90 Å². The molecule has 1 aliphatic rings. The molecule has 5 nitrogen and oxygen atoms in total. The van der Waals surface area contributed by atoms with Crippen molar-refractivity contribution < 1.29 is 19.1 Å². The van der Waals surface area contributed by atoms with Crippen LogP contribution < -0.4 is 0 Å². The van der Waals surface area contributed by atoms with Gasteiger partial charge in [-0.3, -0.25) is 14.4 Å². The molecule has 1 rings (SSSR count). The van der Waals surface area contributed by atoms with Gasteiger partial charge in [-0.15, -0.1) is 0 Å². The Bertz CT molecular complexity index is 319. The Morgan fingerprint density at radius 1 is 1.17 bits per heavy atom. The third-order valence-corrected chi connectivity index (χ3v) is 3.27. The van der Waals surface area contributed by atoms with E-state index in [9.17, 15) is 14.4 Å². The first-order chi connectivity index (χ1) is 8.54. The molecule has 0 aromatic carbocycles. The third kappa shape index (κ3) is 4.47. The van der Waals surface area contributed by atoms with Gasteiger partial charge in [-0.1, -0.05) is 0 Å². The van der Waals surface area contributed by atoms with Crippen molar-refractivity contribution in [3.05, 3.63) is 0 Å². The molecule has 0 saturated carbocycles. The highest BCUT2D eigenvalue weighted by atomic mass is 16.5. The third-order valence-electron chi connectivity index (χ3n) is 3.27. The van der Waals surface area contributed by atoms with E-state index in [0.29, 0.717) is 19.7 Å². The minimum atomic E-state index is -0.329. The monoisotopic (exact) mass is 255 g/mol. The highest BCUT2D eigenvalue weighted by molar-refractivity contribution is 5.82. The SMILES string of the molecule is CCOC(=O)CCC(=O)N1CCC(C(C)=O)CC1. The molecular weight excluding hydrogens is 234 g/mol. The van der Waals surface area contributed by atoms with Crippen molar-refractivity contribution in [2.24, 2.45) is 5.92 Å². The number of carbonyl (C=O) groups is 3. The molecule has 1 aliphatic heterocycles. The molecule has 0 bridgehead atoms. The van der Waals surface area contributed by atoms with Crippen LogP contribution in [0.1, 0.15) is 39.5 Å². The van der Waals surface area contributed by atoms with Crippen LogP contribution in [0.2, 0.25) is 0 Å². The number of carbonyl (C=O) groups excluding carboxylic acids is 3. The minimum absolute atomic E-state index is 0.0231. The first-order valence-corrected chi connectivity index (χ1v) is 6.48. The second-order valence-electron chi connectivity index (χ2n) is 4.57. The molecule has 0 radical (unpaired) electrons. The van der Waals surface area contributed by atoms with E-state index in [1.165, 1.54) is 0 Å². The summed E-state index contributed by atoms with van der Waals surface area (Å²) in [6.07, 6.45) is 1.81. The molecule has 102 valence electrons. The van der Waals surface area contributed by atoms with Gasteiger partial charge < -0.3 is 9.64 Å². The van der Waals surface area contributed by atoms with Crippen LogP contribution in [0.4, 0.5) is 0 Å². The molecule has 0 aromatic rings. The average molecular weight is 255 g/mol. The van der Waals surface area contributed by atoms with Gasteiger partial charge >= 0.3 is 5.97 Å². The molecule has 1 fully saturated rings. The number of likely N-dealkylation sites (tertiary alicyclic amines) is 1. The van der Waals surface area contributed by atoms with E-state index in [4.69, 9.17) is 4.74 Å². The van der Waals surface area contributed by atoms with Gasteiger partial charge in [0.25, 0.3) is 0 Å². The highest BCUT2D eigenvalue weighted by Crippen LogP contribution is 2.18. The summed E-state index contributed by atoms with van der Waals surface area (Å²) in [6.45, 7) is 4.92. The minimum Gasteiger partial charge on any atom is -0.466 e. The number of rotatable bonds is 5. The van der Waals surface area contributed by atoms with Crippen molar-refractivity contribution in [1.29, 1.82) is 0 Å². The van der Waals surface area contributed by atoms with Gasteiger partial charge in [-0.25, -0.2) is 0 Å². The van der Waals surface area contributed by atoms with Crippen molar-refractivity contribution in [2.45, 2.75) is 39.5 Å². The van der Waals surface area contributed by atoms with Crippen molar-refractivity contribution in [3.8, 4) is 0 Å². The fraction of sp³-hybridized carbons (Fsp3) is 0.769. The average Bonchev–Trinajstić information content (AvgIpc) is 2.36. The number of Topliss-reactive ketones (excluding diaryl/α,β-unsaturated/α-hetero) is 1. The Labute approximate surface area is 107 Å². The van der Waals surface area contributed by atoms with Crippen LogP contribution in [0, 0.1) is 5.92 Å². The Kier molecular flexibility index (Phi) is 5.82. The lowest BCUT2D eigenvalue weighted by atomic mass is 9.93. The number of hydrogen-bond acceptors (Lipinski definition) is 4. The number of esters is 1. The van der Waals surface area contributed by atoms with E-state index in [1.54, 1.807) is 18.7 Å². The molecule has 0 spiro atoms. The van der Waals surface area contributed by atoms with Crippen LogP contribution in [-0.2, 0) is 19.1 Å². The van der Waals surface area contributed by atoms with Crippen LogP contribution in [0.3, 0.4) is 0 Å². The molecule has 1 saturated heterocycles. The smallest absolute Gasteiger partial charge is 0.306 e. The second-order valence-corrected chi connectivity index (χ2v) is 4.57. The fourth-order valence-corrected chi connectivity index (χ4v) is 2.14. The second kappa shape index (κ2) is 7.13. The lowest BCUT2D eigenvalue weighted by Crippen LogP contribution is -2.40. The van der Waals surface area contributed by atoms with Crippen LogP contribution in [0.5, 0.6) is 0 Å². The van der Waals surface area contributed by atoms with Gasteiger partial charge in [0.2, 0.25) is 5.91 Å². The van der Waals surface area contributed by atoms with Crippen molar-refractivity contribution in [3.63, 3.8) is 0 Å². The molecule has 1 heterocycles. The van der Waals surface area contributed by atoms with E-state index < -0.39 is 0 Å². The van der Waals surface area contributed by atoms with Crippen molar-refractivity contribution >= 4 is 17.7 Å². The largest absolute Gasteiger partial charge is 0.466 e. The quantitative estimate of drug-likeness (QED) is 0.691. The lowest BCUT2D eigenvalue weighted by molar-refractivity contribution is -0.146. The fourth-order valence-electron chi connectivity index (χ4n) is 2.14. The van der Waals surface area contributed by atoms with Gasteiger partial charge in [0.05, 0.1) is 13.0 Å². The van der Waals surface area contributed by atoms with Gasteiger partial charge in [0, 0.05) is 25.4 Å². The Morgan fingerprint density at radius 2 is 1.78 bits per heavy atom. The van der Waals surface area contributed by atoms with Gasteiger partial charge in [0.1, 0.15) is 5.78 Å². The zero-order chi connectivity index (χ0) is 13.5. The van der Waals surface area contributed by atoms with Crippen LogP contribution >= 0.6 is 0 Å². The number of amides is 1. The first kappa shape index (κ1) is 14.7. The zero-order valence-electron chi connectivity index (χ0n) is 11.1. The molecule has 0 unspecified atom stereocenters. The summed E-state index contributed by atoms with van der Waals surface area (Å²) in [5.74, 6) is -0.0535. The Hall–Kier alpha value is -1.39. The summed E-state index contributed by atoms with van der Waals surface area (Å²) in [6, 6.07) is 0. The predicted molar refractivity (Wildman–Crippen MR) is 65.9 cm³/mol. The van der Waals surface area contributed by atoms with Gasteiger partial charge in [0.15, 0.2) is 0 Å². The zero-order valence-corrected chi connectivity index (χ0v) is 11.1. The number of ether oxygens (including phenoxy) is 1. The van der Waals surface area contributed by atoms with E-state index in [1.807, 2.05) is 0 Å². The first-order valence-electron chi connectivity index (χ1n) is 6.48. The molecule has 0 N–H and O–H groups in total. The molecular formula is C13H21NO4. The maximum Gasteiger partial charge on any atom is 0.306 e. The number of hydrogen-bond donors (Lipinski definition) is 0. The Balaban J connectivity index is 2.28. The van der Waals surface area contributed by atoms with Gasteiger partial charge in [-0.2, -0.15) is 0 Å². The standard InChI is InChI=1S/C13H21NO4/c1-3-18-13(17)5-4-12(16)14-8-6-11(7-9-14)10(2)15/h11H,3-9H2,1-2H3. The van der Waals surface area contributed by atoms with E-state index in [2.05, 4.69) is 0 Å². The van der Waals surface area contributed by atoms with E-state index in [-0.39, 0.29) is 36.4 Å². The van der Waals surface area contributed by atoms with Gasteiger partial charge in [-0.05, 0) is 26.7 Å². The summed E-state index contributed by atoms with van der Waals surface area (Å²) < 4.78 is 4.77. The summed E-state index contributed by atoms with van der Waals surface area (Å²) >= 11 is 0. The maximum atomic E-state index is 11.8. The maximum absolute atomic E-state index is 11.8. The predicted octanol–water partition coefficient (Wildman–Crippen LogP) is 1.16. The normalized spacial score (nSPS) is 16.4. The molecule has 5 heteroatoms. The summed E-state index contributed by atoms with van der Waals surface area (Å²) in [4.78, 5) is 35.9. The van der Waals surface area contributed by atoms with Crippen LogP contribution in [-0.4, -0.2) is 42.3 Å². The summed E-state index contributed by atoms with van der Waals surface area (Å²) in [5, 5.41) is 0. The molecule has 18 heavy (non-hydrogen) atoms. The Morgan fingerprint density at radius 3 is 2.28 bits per heavy atom. The molecule has 0 aliphatic carbocycles.